The molecule has 23 heavy (non-hydrogen) atoms. The van der Waals surface area contributed by atoms with Gasteiger partial charge in [0.2, 0.25) is 0 Å². The standard InChI is InChI=1S/C19H21ClO3/c1-5-6-16(13-7-9-14(20)10-8-13)19-17(22-3)11-15(21-2)12-18(19)23-4/h5,7-12,16H,1,6H2,2-4H3. The van der Waals surface area contributed by atoms with Crippen molar-refractivity contribution in [1.82, 2.24) is 0 Å². The van der Waals surface area contributed by atoms with E-state index in [0.717, 1.165) is 29.0 Å². The van der Waals surface area contributed by atoms with Crippen LogP contribution in [0, 0.1) is 0 Å². The highest BCUT2D eigenvalue weighted by molar-refractivity contribution is 6.30. The van der Waals surface area contributed by atoms with Crippen LogP contribution < -0.4 is 14.2 Å². The molecule has 2 rings (SSSR count). The summed E-state index contributed by atoms with van der Waals surface area (Å²) in [4.78, 5) is 0. The lowest BCUT2D eigenvalue weighted by atomic mass is 9.87. The topological polar surface area (TPSA) is 27.7 Å². The number of methoxy groups -OCH3 is 3. The molecule has 0 radical (unpaired) electrons. The molecule has 0 saturated heterocycles. The van der Waals surface area contributed by atoms with Crippen LogP contribution in [0.3, 0.4) is 0 Å². The molecule has 2 aromatic carbocycles. The highest BCUT2D eigenvalue weighted by Gasteiger charge is 2.23. The van der Waals surface area contributed by atoms with E-state index in [9.17, 15) is 0 Å². The molecule has 0 spiro atoms. The van der Waals surface area contributed by atoms with Crippen molar-refractivity contribution in [2.24, 2.45) is 0 Å². The van der Waals surface area contributed by atoms with Crippen molar-refractivity contribution in [3.63, 3.8) is 0 Å². The van der Waals surface area contributed by atoms with Crippen molar-refractivity contribution in [2.75, 3.05) is 21.3 Å². The second kappa shape index (κ2) is 7.93. The molecule has 0 N–H and O–H groups in total. The van der Waals surface area contributed by atoms with Crippen molar-refractivity contribution in [1.29, 1.82) is 0 Å². The van der Waals surface area contributed by atoms with Gasteiger partial charge in [-0.3, -0.25) is 0 Å². The lowest BCUT2D eigenvalue weighted by Gasteiger charge is -2.22. The first-order chi connectivity index (χ1) is 11.1. The van der Waals surface area contributed by atoms with Crippen molar-refractivity contribution in [3.8, 4) is 17.2 Å². The Hall–Kier alpha value is -2.13. The number of halogens is 1. The quantitative estimate of drug-likeness (QED) is 0.662. The molecule has 0 aliphatic heterocycles. The van der Waals surface area contributed by atoms with Gasteiger partial charge in [0.15, 0.2) is 0 Å². The van der Waals surface area contributed by atoms with Gasteiger partial charge in [-0.1, -0.05) is 29.8 Å². The Morgan fingerprint density at radius 3 is 2.00 bits per heavy atom. The monoisotopic (exact) mass is 332 g/mol. The maximum Gasteiger partial charge on any atom is 0.130 e. The van der Waals surface area contributed by atoms with E-state index in [1.165, 1.54) is 0 Å². The van der Waals surface area contributed by atoms with E-state index in [1.54, 1.807) is 21.3 Å². The smallest absolute Gasteiger partial charge is 0.130 e. The summed E-state index contributed by atoms with van der Waals surface area (Å²) in [6.07, 6.45) is 2.64. The Morgan fingerprint density at radius 1 is 1.00 bits per heavy atom. The minimum absolute atomic E-state index is 0.0561. The lowest BCUT2D eigenvalue weighted by molar-refractivity contribution is 0.366. The van der Waals surface area contributed by atoms with Crippen molar-refractivity contribution < 1.29 is 14.2 Å². The van der Waals surface area contributed by atoms with Crippen molar-refractivity contribution in [3.05, 3.63) is 65.2 Å². The van der Waals surface area contributed by atoms with Crippen LogP contribution in [0.1, 0.15) is 23.5 Å². The van der Waals surface area contributed by atoms with Gasteiger partial charge in [0.05, 0.1) is 21.3 Å². The van der Waals surface area contributed by atoms with E-state index in [4.69, 9.17) is 25.8 Å². The highest BCUT2D eigenvalue weighted by atomic mass is 35.5. The summed E-state index contributed by atoms with van der Waals surface area (Å²) in [7, 11) is 4.91. The maximum absolute atomic E-state index is 6.01. The predicted molar refractivity (Wildman–Crippen MR) is 94.2 cm³/mol. The van der Waals surface area contributed by atoms with Gasteiger partial charge in [-0.2, -0.15) is 0 Å². The van der Waals surface area contributed by atoms with Crippen LogP contribution >= 0.6 is 11.6 Å². The van der Waals surface area contributed by atoms with Gasteiger partial charge in [0.25, 0.3) is 0 Å². The first kappa shape index (κ1) is 17.2. The molecule has 0 bridgehead atoms. The molecule has 4 heteroatoms. The Kier molecular flexibility index (Phi) is 5.94. The summed E-state index contributed by atoms with van der Waals surface area (Å²) in [6.45, 7) is 3.88. The average molecular weight is 333 g/mol. The van der Waals surface area contributed by atoms with Crippen LogP contribution in [-0.4, -0.2) is 21.3 Å². The Labute approximate surface area is 142 Å². The van der Waals surface area contributed by atoms with Gasteiger partial charge in [-0.05, 0) is 24.1 Å². The highest BCUT2D eigenvalue weighted by Crippen LogP contribution is 2.43. The molecule has 0 aliphatic rings. The number of benzene rings is 2. The second-order valence-corrected chi connectivity index (χ2v) is 5.51. The summed E-state index contributed by atoms with van der Waals surface area (Å²) in [5.41, 5.74) is 2.09. The SMILES string of the molecule is C=CCC(c1ccc(Cl)cc1)c1c(OC)cc(OC)cc1OC. The van der Waals surface area contributed by atoms with Crippen LogP contribution in [0.15, 0.2) is 49.1 Å². The van der Waals surface area contributed by atoms with E-state index in [1.807, 2.05) is 42.5 Å². The predicted octanol–water partition coefficient (Wildman–Crippen LogP) is 5.07. The largest absolute Gasteiger partial charge is 0.496 e. The first-order valence-corrected chi connectivity index (χ1v) is 7.68. The minimum Gasteiger partial charge on any atom is -0.496 e. The fraction of sp³-hybridized carbons (Fsp3) is 0.263. The summed E-state index contributed by atoms with van der Waals surface area (Å²) in [5, 5.41) is 0.708. The fourth-order valence-corrected chi connectivity index (χ4v) is 2.78. The van der Waals surface area contributed by atoms with E-state index in [0.29, 0.717) is 10.8 Å². The third-order valence-electron chi connectivity index (χ3n) is 3.78. The zero-order valence-electron chi connectivity index (χ0n) is 13.6. The fourth-order valence-electron chi connectivity index (χ4n) is 2.66. The molecular weight excluding hydrogens is 312 g/mol. The van der Waals surface area contributed by atoms with E-state index >= 15 is 0 Å². The van der Waals surface area contributed by atoms with Crippen molar-refractivity contribution in [2.45, 2.75) is 12.3 Å². The minimum atomic E-state index is 0.0561. The van der Waals surface area contributed by atoms with Gasteiger partial charge in [-0.25, -0.2) is 0 Å². The van der Waals surface area contributed by atoms with Gasteiger partial charge < -0.3 is 14.2 Å². The molecule has 2 aromatic rings. The zero-order chi connectivity index (χ0) is 16.8. The normalized spacial score (nSPS) is 11.7. The van der Waals surface area contributed by atoms with Crippen LogP contribution in [0.25, 0.3) is 0 Å². The van der Waals surface area contributed by atoms with Crippen LogP contribution in [-0.2, 0) is 0 Å². The molecule has 122 valence electrons. The summed E-state index contributed by atoms with van der Waals surface area (Å²) in [6, 6.07) is 11.5. The number of hydrogen-bond donors (Lipinski definition) is 0. The first-order valence-electron chi connectivity index (χ1n) is 7.30. The van der Waals surface area contributed by atoms with Crippen LogP contribution in [0.5, 0.6) is 17.2 Å². The number of hydrogen-bond acceptors (Lipinski definition) is 3. The number of ether oxygens (including phenoxy) is 3. The van der Waals surface area contributed by atoms with Gasteiger partial charge in [0.1, 0.15) is 17.2 Å². The zero-order valence-corrected chi connectivity index (χ0v) is 14.4. The Bertz CT molecular complexity index is 640. The van der Waals surface area contributed by atoms with E-state index in [2.05, 4.69) is 6.58 Å². The van der Waals surface area contributed by atoms with Gasteiger partial charge in [0, 0.05) is 28.6 Å². The molecule has 0 aliphatic carbocycles. The Balaban J connectivity index is 2.62. The molecular formula is C19H21ClO3. The van der Waals surface area contributed by atoms with Gasteiger partial charge in [-0.15, -0.1) is 6.58 Å². The molecule has 0 saturated carbocycles. The number of rotatable bonds is 7. The number of allylic oxidation sites excluding steroid dienone is 1. The molecule has 0 aromatic heterocycles. The molecule has 3 nitrogen and oxygen atoms in total. The van der Waals surface area contributed by atoms with Crippen LogP contribution in [0.2, 0.25) is 5.02 Å². The average Bonchev–Trinajstić information content (AvgIpc) is 2.59. The molecule has 0 fully saturated rings. The molecule has 1 unspecified atom stereocenters. The summed E-state index contributed by atoms with van der Waals surface area (Å²) < 4.78 is 16.5. The molecule has 0 amide bonds. The van der Waals surface area contributed by atoms with E-state index < -0.39 is 0 Å². The Morgan fingerprint density at radius 2 is 1.57 bits per heavy atom. The van der Waals surface area contributed by atoms with Gasteiger partial charge >= 0.3 is 0 Å². The van der Waals surface area contributed by atoms with Crippen LogP contribution in [0.4, 0.5) is 0 Å². The summed E-state index contributed by atoms with van der Waals surface area (Å²) >= 11 is 6.01. The third kappa shape index (κ3) is 3.80. The second-order valence-electron chi connectivity index (χ2n) is 5.07. The van der Waals surface area contributed by atoms with E-state index in [-0.39, 0.29) is 5.92 Å². The lowest BCUT2D eigenvalue weighted by Crippen LogP contribution is -2.06. The molecule has 1 atom stereocenters. The summed E-state index contributed by atoms with van der Waals surface area (Å²) in [5.74, 6) is 2.20. The maximum atomic E-state index is 6.01. The molecule has 0 heterocycles. The third-order valence-corrected chi connectivity index (χ3v) is 4.03. The van der Waals surface area contributed by atoms with Crippen molar-refractivity contribution >= 4 is 11.6 Å².